The molecule has 1 aliphatic rings. The first-order valence-electron chi connectivity index (χ1n) is 12.0. The molecule has 2 aromatic carbocycles. The molecule has 1 aliphatic heterocycles. The number of carbonyl (C=O) groups is 3. The molecule has 1 fully saturated rings. The number of piperidine rings is 1. The Bertz CT molecular complexity index is 1010. The fourth-order valence-electron chi connectivity index (χ4n) is 4.60. The van der Waals surface area contributed by atoms with E-state index in [1.54, 1.807) is 44.2 Å². The number of hydrogen-bond acceptors (Lipinski definition) is 6. The second kappa shape index (κ2) is 11.7. The summed E-state index contributed by atoms with van der Waals surface area (Å²) in [4.78, 5) is 39.5. The first kappa shape index (κ1) is 25.3. The van der Waals surface area contributed by atoms with Gasteiger partial charge in [-0.25, -0.2) is 9.59 Å². The highest BCUT2D eigenvalue weighted by molar-refractivity contribution is 5.91. The van der Waals surface area contributed by atoms with Gasteiger partial charge in [-0.15, -0.1) is 0 Å². The molecular formula is C27H34N2O5. The molecular weight excluding hydrogens is 432 g/mol. The molecule has 0 aliphatic carbocycles. The number of amides is 1. The lowest BCUT2D eigenvalue weighted by molar-refractivity contribution is -0.119. The molecule has 1 saturated heterocycles. The van der Waals surface area contributed by atoms with Gasteiger partial charge in [0.1, 0.15) is 0 Å². The number of primary amides is 1. The summed E-state index contributed by atoms with van der Waals surface area (Å²) in [7, 11) is 0. The van der Waals surface area contributed by atoms with E-state index in [0.717, 1.165) is 37.2 Å². The van der Waals surface area contributed by atoms with Crippen LogP contribution in [0.1, 0.15) is 83.7 Å². The molecule has 2 atom stereocenters. The molecule has 0 saturated carbocycles. The van der Waals surface area contributed by atoms with Crippen molar-refractivity contribution in [3.8, 4) is 0 Å². The van der Waals surface area contributed by atoms with Gasteiger partial charge in [-0.3, -0.25) is 4.79 Å². The van der Waals surface area contributed by atoms with Crippen LogP contribution in [0.5, 0.6) is 0 Å². The Morgan fingerprint density at radius 3 is 2.00 bits per heavy atom. The Kier molecular flexibility index (Phi) is 8.68. The molecule has 7 heteroatoms. The van der Waals surface area contributed by atoms with E-state index >= 15 is 0 Å². The lowest BCUT2D eigenvalue weighted by Gasteiger charge is -2.33. The van der Waals surface area contributed by atoms with E-state index in [4.69, 9.17) is 15.2 Å². The number of carbonyl (C=O) groups excluding carboxylic acids is 3. The first-order valence-corrected chi connectivity index (χ1v) is 12.0. The van der Waals surface area contributed by atoms with Crippen LogP contribution in [0.2, 0.25) is 0 Å². The van der Waals surface area contributed by atoms with Gasteiger partial charge in [-0.05, 0) is 80.5 Å². The SMILES string of the molecule is CCOC(=O)c1ccc(C(C(N)=O)C(C)c2cc(C(=O)OCC)ccc2N2CCCCC2)cc1. The van der Waals surface area contributed by atoms with Crippen LogP contribution in [-0.4, -0.2) is 44.1 Å². The van der Waals surface area contributed by atoms with Crippen molar-refractivity contribution < 1.29 is 23.9 Å². The van der Waals surface area contributed by atoms with Gasteiger partial charge in [0.15, 0.2) is 0 Å². The summed E-state index contributed by atoms with van der Waals surface area (Å²) in [5.41, 5.74) is 9.35. The van der Waals surface area contributed by atoms with E-state index in [-0.39, 0.29) is 19.1 Å². The van der Waals surface area contributed by atoms with Gasteiger partial charge < -0.3 is 20.1 Å². The third-order valence-electron chi connectivity index (χ3n) is 6.31. The van der Waals surface area contributed by atoms with Gasteiger partial charge in [-0.2, -0.15) is 0 Å². The maximum Gasteiger partial charge on any atom is 0.338 e. The van der Waals surface area contributed by atoms with Crippen LogP contribution in [0.15, 0.2) is 42.5 Å². The van der Waals surface area contributed by atoms with E-state index in [1.807, 2.05) is 19.1 Å². The minimum absolute atomic E-state index is 0.286. The molecule has 3 rings (SSSR count). The van der Waals surface area contributed by atoms with E-state index < -0.39 is 23.8 Å². The Morgan fingerprint density at radius 1 is 0.882 bits per heavy atom. The van der Waals surface area contributed by atoms with Crippen molar-refractivity contribution in [2.45, 2.75) is 51.9 Å². The smallest absolute Gasteiger partial charge is 0.338 e. The summed E-state index contributed by atoms with van der Waals surface area (Å²) in [5, 5.41) is 0. The van der Waals surface area contributed by atoms with Crippen LogP contribution in [-0.2, 0) is 14.3 Å². The van der Waals surface area contributed by atoms with Crippen LogP contribution >= 0.6 is 0 Å². The van der Waals surface area contributed by atoms with Crippen LogP contribution in [0.4, 0.5) is 5.69 Å². The van der Waals surface area contributed by atoms with Crippen molar-refractivity contribution in [1.82, 2.24) is 0 Å². The fraction of sp³-hybridized carbons (Fsp3) is 0.444. The molecule has 0 bridgehead atoms. The van der Waals surface area contributed by atoms with Gasteiger partial charge in [0.25, 0.3) is 0 Å². The molecule has 182 valence electrons. The Balaban J connectivity index is 2.01. The second-order valence-electron chi connectivity index (χ2n) is 8.55. The zero-order valence-electron chi connectivity index (χ0n) is 20.2. The van der Waals surface area contributed by atoms with E-state index in [0.29, 0.717) is 16.7 Å². The van der Waals surface area contributed by atoms with Gasteiger partial charge >= 0.3 is 11.9 Å². The maximum atomic E-state index is 12.7. The molecule has 0 spiro atoms. The van der Waals surface area contributed by atoms with Gasteiger partial charge in [-0.1, -0.05) is 19.1 Å². The summed E-state index contributed by atoms with van der Waals surface area (Å²) in [6.07, 6.45) is 3.39. The normalized spacial score (nSPS) is 15.3. The van der Waals surface area contributed by atoms with Crippen molar-refractivity contribution in [2.24, 2.45) is 5.73 Å². The molecule has 0 aromatic heterocycles. The predicted molar refractivity (Wildman–Crippen MR) is 131 cm³/mol. The van der Waals surface area contributed by atoms with E-state index in [9.17, 15) is 14.4 Å². The summed E-state index contributed by atoms with van der Waals surface area (Å²) >= 11 is 0. The van der Waals surface area contributed by atoms with Gasteiger partial charge in [0.2, 0.25) is 5.91 Å². The number of nitrogens with zero attached hydrogens (tertiary/aromatic N) is 1. The number of esters is 2. The van der Waals surface area contributed by atoms with Crippen molar-refractivity contribution >= 4 is 23.5 Å². The van der Waals surface area contributed by atoms with Crippen molar-refractivity contribution in [3.05, 3.63) is 64.7 Å². The topological polar surface area (TPSA) is 98.9 Å². The summed E-state index contributed by atoms with van der Waals surface area (Å²) in [5.74, 6) is -2.22. The average molecular weight is 467 g/mol. The quantitative estimate of drug-likeness (QED) is 0.550. The molecule has 1 heterocycles. The number of rotatable bonds is 9. The van der Waals surface area contributed by atoms with Crippen LogP contribution in [0.3, 0.4) is 0 Å². The van der Waals surface area contributed by atoms with Crippen LogP contribution < -0.4 is 10.6 Å². The van der Waals surface area contributed by atoms with Crippen molar-refractivity contribution in [2.75, 3.05) is 31.2 Å². The zero-order valence-corrected chi connectivity index (χ0v) is 20.2. The Morgan fingerprint density at radius 2 is 1.44 bits per heavy atom. The molecule has 1 amide bonds. The summed E-state index contributed by atoms with van der Waals surface area (Å²) in [6.45, 7) is 7.90. The number of benzene rings is 2. The van der Waals surface area contributed by atoms with E-state index in [1.165, 1.54) is 6.42 Å². The highest BCUT2D eigenvalue weighted by Gasteiger charge is 2.30. The molecule has 0 radical (unpaired) electrons. The predicted octanol–water partition coefficient (Wildman–Crippen LogP) is 4.40. The fourth-order valence-corrected chi connectivity index (χ4v) is 4.60. The van der Waals surface area contributed by atoms with E-state index in [2.05, 4.69) is 4.90 Å². The largest absolute Gasteiger partial charge is 0.462 e. The Labute approximate surface area is 201 Å². The molecule has 7 nitrogen and oxygen atoms in total. The minimum Gasteiger partial charge on any atom is -0.462 e. The highest BCUT2D eigenvalue weighted by atomic mass is 16.5. The highest BCUT2D eigenvalue weighted by Crippen LogP contribution is 2.39. The number of nitrogens with two attached hydrogens (primary N) is 1. The standard InChI is InChI=1S/C27H34N2O5/c1-4-33-26(31)20-11-9-19(10-12-20)24(25(28)30)18(3)22-17-21(27(32)34-5-2)13-14-23(22)29-15-7-6-8-16-29/h9-14,17-18,24H,4-8,15-16H2,1-3H3,(H2,28,30). The van der Waals surface area contributed by atoms with Crippen molar-refractivity contribution in [3.63, 3.8) is 0 Å². The third-order valence-corrected chi connectivity index (χ3v) is 6.31. The summed E-state index contributed by atoms with van der Waals surface area (Å²) in [6, 6.07) is 12.3. The van der Waals surface area contributed by atoms with Crippen LogP contribution in [0.25, 0.3) is 0 Å². The summed E-state index contributed by atoms with van der Waals surface area (Å²) < 4.78 is 10.3. The van der Waals surface area contributed by atoms with Gasteiger partial charge in [0, 0.05) is 18.8 Å². The maximum absolute atomic E-state index is 12.7. The number of ether oxygens (including phenoxy) is 2. The molecule has 2 aromatic rings. The zero-order chi connectivity index (χ0) is 24.7. The third kappa shape index (κ3) is 5.76. The minimum atomic E-state index is -0.641. The first-order chi connectivity index (χ1) is 16.4. The van der Waals surface area contributed by atoms with Gasteiger partial charge in [0.05, 0.1) is 30.3 Å². The number of anilines is 1. The molecule has 34 heavy (non-hydrogen) atoms. The lowest BCUT2D eigenvalue weighted by Crippen LogP contribution is -2.32. The molecule has 2 unspecified atom stereocenters. The lowest BCUT2D eigenvalue weighted by atomic mass is 9.80. The average Bonchev–Trinajstić information content (AvgIpc) is 2.84. The van der Waals surface area contributed by atoms with Crippen LogP contribution in [0, 0.1) is 0 Å². The Hall–Kier alpha value is -3.35. The van der Waals surface area contributed by atoms with Crippen molar-refractivity contribution in [1.29, 1.82) is 0 Å². The second-order valence-corrected chi connectivity index (χ2v) is 8.55. The monoisotopic (exact) mass is 466 g/mol. The number of hydrogen-bond donors (Lipinski definition) is 1. The molecule has 2 N–H and O–H groups in total.